The van der Waals surface area contributed by atoms with E-state index in [1.165, 1.54) is 12.1 Å². The molecular weight excluding hydrogens is 437 g/mol. The molecule has 4 heterocycles. The van der Waals surface area contributed by atoms with Gasteiger partial charge in [0.15, 0.2) is 11.5 Å². The molecule has 0 bridgehead atoms. The molecule has 0 spiro atoms. The summed E-state index contributed by atoms with van der Waals surface area (Å²) in [6.45, 7) is 6.74. The Kier molecular flexibility index (Phi) is 7.13. The first-order valence-corrected chi connectivity index (χ1v) is 12.0. The molecule has 8 nitrogen and oxygen atoms in total. The Morgan fingerprint density at radius 2 is 1.76 bits per heavy atom. The lowest BCUT2D eigenvalue weighted by atomic mass is 10.00. The minimum absolute atomic E-state index is 0.140. The number of pyridine rings is 1. The molecule has 5 rings (SSSR count). The van der Waals surface area contributed by atoms with Crippen LogP contribution in [0.15, 0.2) is 41.3 Å². The lowest BCUT2D eigenvalue weighted by Crippen LogP contribution is -2.39. The molecule has 2 aromatic heterocycles. The first-order valence-electron chi connectivity index (χ1n) is 12.0. The molecule has 2 aliphatic rings. The summed E-state index contributed by atoms with van der Waals surface area (Å²) < 4.78 is 26.1. The molecule has 1 N–H and O–H groups in total. The van der Waals surface area contributed by atoms with Gasteiger partial charge in [0.05, 0.1) is 18.7 Å². The van der Waals surface area contributed by atoms with Crippen molar-refractivity contribution < 1.29 is 13.9 Å². The molecule has 9 heteroatoms. The third kappa shape index (κ3) is 5.27. The maximum Gasteiger partial charge on any atom is 0.293 e. The SMILES string of the molecule is O=c1c(NCCN2CCOCC2)nc2ncc(-c3ccc(F)cc3)cc2n1CC1CCOCC1. The summed E-state index contributed by atoms with van der Waals surface area (Å²) in [7, 11) is 0. The van der Waals surface area contributed by atoms with Gasteiger partial charge < -0.3 is 19.4 Å². The molecule has 34 heavy (non-hydrogen) atoms. The second-order valence-electron chi connectivity index (χ2n) is 8.89. The fourth-order valence-corrected chi connectivity index (χ4v) is 4.56. The van der Waals surface area contributed by atoms with Gasteiger partial charge in [-0.05, 0) is 42.5 Å². The summed E-state index contributed by atoms with van der Waals surface area (Å²) in [6.07, 6.45) is 3.56. The molecule has 1 aromatic carbocycles. The van der Waals surface area contributed by atoms with E-state index in [0.717, 1.165) is 56.8 Å². The van der Waals surface area contributed by atoms with Crippen LogP contribution in [-0.4, -0.2) is 72.0 Å². The average molecular weight is 468 g/mol. The van der Waals surface area contributed by atoms with Gasteiger partial charge in [-0.25, -0.2) is 14.4 Å². The van der Waals surface area contributed by atoms with E-state index in [1.807, 2.05) is 6.07 Å². The van der Waals surface area contributed by atoms with E-state index in [0.29, 0.717) is 49.2 Å². The molecule has 0 saturated carbocycles. The molecule has 180 valence electrons. The van der Waals surface area contributed by atoms with Crippen molar-refractivity contribution >= 4 is 17.0 Å². The molecule has 2 saturated heterocycles. The third-order valence-corrected chi connectivity index (χ3v) is 6.59. The maximum absolute atomic E-state index is 13.5. The van der Waals surface area contributed by atoms with Crippen molar-refractivity contribution in [3.8, 4) is 11.1 Å². The summed E-state index contributed by atoms with van der Waals surface area (Å²) in [5, 5.41) is 3.25. The van der Waals surface area contributed by atoms with E-state index in [1.54, 1.807) is 22.9 Å². The number of nitrogens with zero attached hydrogens (tertiary/aromatic N) is 4. The fourth-order valence-electron chi connectivity index (χ4n) is 4.56. The van der Waals surface area contributed by atoms with Crippen LogP contribution in [0.2, 0.25) is 0 Å². The largest absolute Gasteiger partial charge is 0.381 e. The summed E-state index contributed by atoms with van der Waals surface area (Å²) in [5.41, 5.74) is 2.73. The zero-order valence-electron chi connectivity index (χ0n) is 19.2. The summed E-state index contributed by atoms with van der Waals surface area (Å²) in [5.74, 6) is 0.394. The van der Waals surface area contributed by atoms with Crippen molar-refractivity contribution in [2.24, 2.45) is 5.92 Å². The molecular formula is C25H30FN5O3. The highest BCUT2D eigenvalue weighted by atomic mass is 19.1. The molecule has 2 aliphatic heterocycles. The molecule has 2 fully saturated rings. The average Bonchev–Trinajstić information content (AvgIpc) is 2.88. The van der Waals surface area contributed by atoms with Gasteiger partial charge in [-0.15, -0.1) is 0 Å². The Bertz CT molecular complexity index is 1170. The van der Waals surface area contributed by atoms with Gasteiger partial charge in [0.1, 0.15) is 5.82 Å². The van der Waals surface area contributed by atoms with Gasteiger partial charge in [-0.3, -0.25) is 9.69 Å². The standard InChI is InChI=1S/C25H30FN5O3/c26-21-3-1-19(2-4-21)20-15-22-23(28-16-20)29-24(27-7-8-30-9-13-34-14-10-30)25(32)31(22)17-18-5-11-33-12-6-18/h1-4,15-16,18H,5-14,17H2,(H,27,28,29). The molecule has 0 unspecified atom stereocenters. The van der Waals surface area contributed by atoms with Crippen LogP contribution in [0.25, 0.3) is 22.3 Å². The number of fused-ring (bicyclic) bond motifs is 1. The van der Waals surface area contributed by atoms with Gasteiger partial charge >= 0.3 is 0 Å². The number of rotatable bonds is 7. The Hall–Kier alpha value is -2.88. The van der Waals surface area contributed by atoms with Crippen molar-refractivity contribution in [2.75, 3.05) is 57.9 Å². The summed E-state index contributed by atoms with van der Waals surface area (Å²) >= 11 is 0. The smallest absolute Gasteiger partial charge is 0.293 e. The molecule has 0 aliphatic carbocycles. The Morgan fingerprint density at radius 3 is 2.53 bits per heavy atom. The Labute approximate surface area is 197 Å². The van der Waals surface area contributed by atoms with Crippen LogP contribution in [0.4, 0.5) is 10.2 Å². The zero-order chi connectivity index (χ0) is 23.3. The number of hydrogen-bond acceptors (Lipinski definition) is 7. The van der Waals surface area contributed by atoms with Crippen molar-refractivity contribution in [1.29, 1.82) is 0 Å². The molecule has 0 atom stereocenters. The number of anilines is 1. The Balaban J connectivity index is 1.46. The number of benzene rings is 1. The lowest BCUT2D eigenvalue weighted by Gasteiger charge is -2.26. The van der Waals surface area contributed by atoms with Crippen molar-refractivity contribution in [3.63, 3.8) is 0 Å². The monoisotopic (exact) mass is 467 g/mol. The number of hydrogen-bond donors (Lipinski definition) is 1. The number of nitrogens with one attached hydrogen (secondary N) is 1. The van der Waals surface area contributed by atoms with Gasteiger partial charge in [0.25, 0.3) is 5.56 Å². The topological polar surface area (TPSA) is 81.5 Å². The highest BCUT2D eigenvalue weighted by Gasteiger charge is 2.20. The highest BCUT2D eigenvalue weighted by molar-refractivity contribution is 5.79. The van der Waals surface area contributed by atoms with Gasteiger partial charge in [-0.2, -0.15) is 0 Å². The normalized spacial score (nSPS) is 17.8. The van der Waals surface area contributed by atoms with E-state index in [4.69, 9.17) is 9.47 Å². The number of halogens is 1. The van der Waals surface area contributed by atoms with Gasteiger partial charge in [-0.1, -0.05) is 12.1 Å². The van der Waals surface area contributed by atoms with Crippen LogP contribution in [0, 0.1) is 11.7 Å². The van der Waals surface area contributed by atoms with Crippen LogP contribution in [-0.2, 0) is 16.0 Å². The molecule has 3 aromatic rings. The van der Waals surface area contributed by atoms with Crippen LogP contribution in [0.5, 0.6) is 0 Å². The Morgan fingerprint density at radius 1 is 1.03 bits per heavy atom. The van der Waals surface area contributed by atoms with Crippen molar-refractivity contribution in [1.82, 2.24) is 19.4 Å². The maximum atomic E-state index is 13.5. The van der Waals surface area contributed by atoms with E-state index in [9.17, 15) is 9.18 Å². The summed E-state index contributed by atoms with van der Waals surface area (Å²) in [6, 6.07) is 8.21. The molecule has 0 radical (unpaired) electrons. The lowest BCUT2D eigenvalue weighted by molar-refractivity contribution is 0.0398. The number of morpholine rings is 1. The second-order valence-corrected chi connectivity index (χ2v) is 8.89. The van der Waals surface area contributed by atoms with E-state index < -0.39 is 0 Å². The first-order chi connectivity index (χ1) is 16.7. The third-order valence-electron chi connectivity index (χ3n) is 6.59. The highest BCUT2D eigenvalue weighted by Crippen LogP contribution is 2.24. The van der Waals surface area contributed by atoms with Gasteiger partial charge in [0, 0.05) is 57.7 Å². The van der Waals surface area contributed by atoms with Crippen LogP contribution >= 0.6 is 0 Å². The van der Waals surface area contributed by atoms with E-state index in [2.05, 4.69) is 20.2 Å². The van der Waals surface area contributed by atoms with E-state index in [-0.39, 0.29) is 11.4 Å². The fraction of sp³-hybridized carbons (Fsp3) is 0.480. The predicted octanol–water partition coefficient (Wildman–Crippen LogP) is 2.77. The minimum atomic E-state index is -0.289. The van der Waals surface area contributed by atoms with Crippen molar-refractivity contribution in [3.05, 3.63) is 52.7 Å². The quantitative estimate of drug-likeness (QED) is 0.572. The van der Waals surface area contributed by atoms with Crippen LogP contribution in [0.3, 0.4) is 0 Å². The van der Waals surface area contributed by atoms with Crippen molar-refractivity contribution in [2.45, 2.75) is 19.4 Å². The van der Waals surface area contributed by atoms with E-state index >= 15 is 0 Å². The van der Waals surface area contributed by atoms with Crippen LogP contribution < -0.4 is 10.9 Å². The zero-order valence-corrected chi connectivity index (χ0v) is 19.2. The van der Waals surface area contributed by atoms with Crippen LogP contribution in [0.1, 0.15) is 12.8 Å². The van der Waals surface area contributed by atoms with Gasteiger partial charge in [0.2, 0.25) is 0 Å². The minimum Gasteiger partial charge on any atom is -0.381 e. The number of aromatic nitrogens is 3. The number of ether oxygens (including phenoxy) is 2. The first kappa shape index (κ1) is 22.9. The molecule has 0 amide bonds. The second kappa shape index (κ2) is 10.6. The summed E-state index contributed by atoms with van der Waals surface area (Å²) in [4.78, 5) is 25.0. The predicted molar refractivity (Wildman–Crippen MR) is 128 cm³/mol.